The molecular weight excluding hydrogens is 533 g/mol. The third-order valence-corrected chi connectivity index (χ3v) is 5.70. The number of nitrogens with one attached hydrogen (secondary N) is 2. The largest absolute Gasteiger partial charge is 0.493 e. The van der Waals surface area contributed by atoms with E-state index in [1.807, 2.05) is 44.2 Å². The highest BCUT2D eigenvalue weighted by Gasteiger charge is 2.14. The molecule has 3 aromatic carbocycles. The number of methoxy groups -OCH3 is 1. The molecule has 3 rings (SSSR count). The van der Waals surface area contributed by atoms with Crippen LogP contribution in [-0.4, -0.2) is 31.7 Å². The Bertz CT molecular complexity index is 1180. The number of hydrogen-bond donors (Lipinski definition) is 2. The number of nitrogens with zero attached hydrogens (tertiary/aromatic N) is 1. The first-order valence-corrected chi connectivity index (χ1v) is 11.2. The molecule has 0 heterocycles. The molecule has 0 bridgehead atoms. The molecule has 0 fully saturated rings. The van der Waals surface area contributed by atoms with E-state index in [4.69, 9.17) is 9.47 Å². The smallest absolute Gasteiger partial charge is 0.271 e. The maximum Gasteiger partial charge on any atom is 0.271 e. The van der Waals surface area contributed by atoms with Gasteiger partial charge in [0.15, 0.2) is 18.1 Å². The van der Waals surface area contributed by atoms with E-state index in [9.17, 15) is 9.59 Å². The average molecular weight is 557 g/mol. The molecule has 0 saturated heterocycles. The third kappa shape index (κ3) is 6.55. The third-order valence-electron chi connectivity index (χ3n) is 4.89. The maximum absolute atomic E-state index is 12.4. The normalized spacial score (nSPS) is 10.7. The van der Waals surface area contributed by atoms with Crippen molar-refractivity contribution in [1.29, 1.82) is 0 Å². The number of halogens is 1. The lowest BCUT2D eigenvalue weighted by Crippen LogP contribution is -2.21. The fourth-order valence-electron chi connectivity index (χ4n) is 2.98. The van der Waals surface area contributed by atoms with Crippen molar-refractivity contribution in [3.63, 3.8) is 0 Å². The Labute approximate surface area is 206 Å². The van der Waals surface area contributed by atoms with Gasteiger partial charge >= 0.3 is 0 Å². The van der Waals surface area contributed by atoms with E-state index < -0.39 is 0 Å². The summed E-state index contributed by atoms with van der Waals surface area (Å²) in [5, 5.41) is 6.89. The molecule has 0 radical (unpaired) electrons. The minimum Gasteiger partial charge on any atom is -0.493 e. The second-order valence-electron chi connectivity index (χ2n) is 7.18. The van der Waals surface area contributed by atoms with Crippen molar-refractivity contribution in [2.24, 2.45) is 5.10 Å². The molecule has 0 aliphatic carbocycles. The molecule has 170 valence electrons. The second-order valence-corrected chi connectivity index (χ2v) is 8.35. The molecular formula is C25H24IN3O4. The molecule has 0 aliphatic heterocycles. The van der Waals surface area contributed by atoms with Crippen LogP contribution in [0, 0.1) is 17.4 Å². The number of benzene rings is 3. The van der Waals surface area contributed by atoms with E-state index in [1.54, 1.807) is 30.3 Å². The standard InChI is InChI=1S/C25H24IN3O4/c1-16-8-7-11-21(17(16)2)28-23(30)15-33-24-20(26)12-18(13-22(24)32-3)14-27-29-25(31)19-9-5-4-6-10-19/h4-14H,15H2,1-3H3,(H,28,30)(H,29,31)/b27-14+. The zero-order chi connectivity index (χ0) is 23.8. The van der Waals surface area contributed by atoms with Crippen LogP contribution in [0.4, 0.5) is 5.69 Å². The number of ether oxygens (including phenoxy) is 2. The molecule has 33 heavy (non-hydrogen) atoms. The van der Waals surface area contributed by atoms with E-state index in [2.05, 4.69) is 38.4 Å². The minimum atomic E-state index is -0.302. The molecule has 0 unspecified atom stereocenters. The van der Waals surface area contributed by atoms with E-state index in [-0.39, 0.29) is 18.4 Å². The van der Waals surface area contributed by atoms with E-state index >= 15 is 0 Å². The number of anilines is 1. The van der Waals surface area contributed by atoms with Gasteiger partial charge in [0.05, 0.1) is 16.9 Å². The van der Waals surface area contributed by atoms with Gasteiger partial charge < -0.3 is 14.8 Å². The van der Waals surface area contributed by atoms with Crippen LogP contribution in [-0.2, 0) is 4.79 Å². The number of hydrogen-bond acceptors (Lipinski definition) is 5. The summed E-state index contributed by atoms with van der Waals surface area (Å²) in [5.74, 6) is 0.344. The summed E-state index contributed by atoms with van der Waals surface area (Å²) in [6.45, 7) is 3.79. The first-order chi connectivity index (χ1) is 15.9. The summed E-state index contributed by atoms with van der Waals surface area (Å²) in [6, 6.07) is 18.1. The lowest BCUT2D eigenvalue weighted by molar-refractivity contribution is -0.118. The lowest BCUT2D eigenvalue weighted by Gasteiger charge is -2.14. The summed E-state index contributed by atoms with van der Waals surface area (Å²) >= 11 is 2.10. The molecule has 0 spiro atoms. The zero-order valence-electron chi connectivity index (χ0n) is 18.5. The first-order valence-electron chi connectivity index (χ1n) is 10.1. The van der Waals surface area contributed by atoms with Crippen molar-refractivity contribution in [3.8, 4) is 11.5 Å². The van der Waals surface area contributed by atoms with Gasteiger partial charge in [-0.1, -0.05) is 30.3 Å². The Morgan fingerprint density at radius 3 is 2.55 bits per heavy atom. The summed E-state index contributed by atoms with van der Waals surface area (Å²) in [6.07, 6.45) is 1.52. The molecule has 8 heteroatoms. The van der Waals surface area contributed by atoms with Crippen LogP contribution < -0.4 is 20.2 Å². The maximum atomic E-state index is 12.4. The number of hydrazone groups is 1. The van der Waals surface area contributed by atoms with Crippen molar-refractivity contribution in [2.45, 2.75) is 13.8 Å². The quantitative estimate of drug-likeness (QED) is 0.239. The summed E-state index contributed by atoms with van der Waals surface area (Å²) in [7, 11) is 1.52. The topological polar surface area (TPSA) is 89.0 Å². The van der Waals surface area contributed by atoms with Gasteiger partial charge in [-0.2, -0.15) is 5.10 Å². The van der Waals surface area contributed by atoms with Gasteiger partial charge in [0.25, 0.3) is 11.8 Å². The SMILES string of the molecule is COc1cc(/C=N/NC(=O)c2ccccc2)cc(I)c1OCC(=O)Nc1cccc(C)c1C. The van der Waals surface area contributed by atoms with Gasteiger partial charge in [0.1, 0.15) is 0 Å². The van der Waals surface area contributed by atoms with Crippen LogP contribution >= 0.6 is 22.6 Å². The van der Waals surface area contributed by atoms with Crippen molar-refractivity contribution in [2.75, 3.05) is 19.0 Å². The molecule has 3 aromatic rings. The lowest BCUT2D eigenvalue weighted by atomic mass is 10.1. The van der Waals surface area contributed by atoms with Crippen molar-refractivity contribution >= 4 is 46.3 Å². The minimum absolute atomic E-state index is 0.166. The molecule has 0 atom stereocenters. The molecule has 2 N–H and O–H groups in total. The number of carbonyl (C=O) groups excluding carboxylic acids is 2. The van der Waals surface area contributed by atoms with E-state index in [0.717, 1.165) is 20.4 Å². The van der Waals surface area contributed by atoms with Crippen LogP contribution in [0.15, 0.2) is 65.8 Å². The van der Waals surface area contributed by atoms with Crippen LogP contribution in [0.5, 0.6) is 11.5 Å². The average Bonchev–Trinajstić information content (AvgIpc) is 2.81. The Hall–Kier alpha value is -3.40. The number of amides is 2. The summed E-state index contributed by atoms with van der Waals surface area (Å²) < 4.78 is 11.9. The van der Waals surface area contributed by atoms with Gasteiger partial charge in [0.2, 0.25) is 0 Å². The van der Waals surface area contributed by atoms with Gasteiger partial charge in [-0.3, -0.25) is 9.59 Å². The number of aryl methyl sites for hydroxylation is 1. The Kier molecular flexibility index (Phi) is 8.42. The predicted octanol–water partition coefficient (Wildman–Crippen LogP) is 4.70. The van der Waals surface area contributed by atoms with Gasteiger partial charge in [0, 0.05) is 11.3 Å². The fourth-order valence-corrected chi connectivity index (χ4v) is 3.77. The van der Waals surface area contributed by atoms with Gasteiger partial charge in [-0.15, -0.1) is 0 Å². The van der Waals surface area contributed by atoms with Crippen LogP contribution in [0.2, 0.25) is 0 Å². The summed E-state index contributed by atoms with van der Waals surface area (Å²) in [5.41, 5.74) is 6.59. The van der Waals surface area contributed by atoms with Crippen LogP contribution in [0.25, 0.3) is 0 Å². The van der Waals surface area contributed by atoms with Crippen molar-refractivity contribution in [3.05, 3.63) is 86.5 Å². The molecule has 7 nitrogen and oxygen atoms in total. The van der Waals surface area contributed by atoms with Crippen molar-refractivity contribution < 1.29 is 19.1 Å². The number of rotatable bonds is 8. The molecule has 2 amide bonds. The van der Waals surface area contributed by atoms with E-state index in [0.29, 0.717) is 22.6 Å². The van der Waals surface area contributed by atoms with Crippen molar-refractivity contribution in [1.82, 2.24) is 5.43 Å². The fraction of sp³-hybridized carbons (Fsp3) is 0.160. The molecule has 0 saturated carbocycles. The number of carbonyl (C=O) groups is 2. The van der Waals surface area contributed by atoms with Gasteiger partial charge in [-0.05, 0) is 83.5 Å². The zero-order valence-corrected chi connectivity index (χ0v) is 20.7. The summed E-state index contributed by atoms with van der Waals surface area (Å²) in [4.78, 5) is 24.5. The highest BCUT2D eigenvalue weighted by molar-refractivity contribution is 14.1. The van der Waals surface area contributed by atoms with Gasteiger partial charge in [-0.25, -0.2) is 5.43 Å². The first kappa shape index (κ1) is 24.2. The second kappa shape index (κ2) is 11.5. The van der Waals surface area contributed by atoms with Crippen LogP contribution in [0.1, 0.15) is 27.0 Å². The van der Waals surface area contributed by atoms with Crippen LogP contribution in [0.3, 0.4) is 0 Å². The molecule has 0 aliphatic rings. The van der Waals surface area contributed by atoms with E-state index in [1.165, 1.54) is 13.3 Å². The Balaban J connectivity index is 1.64. The Morgan fingerprint density at radius 1 is 1.06 bits per heavy atom. The molecule has 0 aromatic heterocycles. The predicted molar refractivity (Wildman–Crippen MR) is 137 cm³/mol. The Morgan fingerprint density at radius 2 is 1.82 bits per heavy atom. The highest BCUT2D eigenvalue weighted by Crippen LogP contribution is 2.33. The monoisotopic (exact) mass is 557 g/mol. The highest BCUT2D eigenvalue weighted by atomic mass is 127.